The SMILES string of the molecule is C=CC[P]1(O)CCC(F)CC1. The Morgan fingerprint density at radius 2 is 2.09 bits per heavy atom. The molecule has 0 amide bonds. The van der Waals surface area contributed by atoms with Crippen molar-refractivity contribution in [1.29, 1.82) is 0 Å². The zero-order chi connectivity index (χ0) is 8.32. The Morgan fingerprint density at radius 3 is 2.55 bits per heavy atom. The highest BCUT2D eigenvalue weighted by molar-refractivity contribution is 7.70. The van der Waals surface area contributed by atoms with E-state index in [-0.39, 0.29) is 0 Å². The second kappa shape index (κ2) is 3.64. The maximum absolute atomic E-state index is 12.6. The van der Waals surface area contributed by atoms with Crippen molar-refractivity contribution < 1.29 is 9.28 Å². The monoisotopic (exact) mass is 177 g/mol. The van der Waals surface area contributed by atoms with Crippen LogP contribution in [0.3, 0.4) is 0 Å². The van der Waals surface area contributed by atoms with Crippen molar-refractivity contribution in [3.63, 3.8) is 0 Å². The molecule has 3 heteroatoms. The van der Waals surface area contributed by atoms with Gasteiger partial charge in [0.05, 0.1) is 0 Å². The van der Waals surface area contributed by atoms with Crippen molar-refractivity contribution in [2.24, 2.45) is 0 Å². The molecule has 0 spiro atoms. The van der Waals surface area contributed by atoms with Crippen LogP contribution in [0.1, 0.15) is 12.8 Å². The largest absolute Gasteiger partial charge is 0.380 e. The van der Waals surface area contributed by atoms with E-state index in [2.05, 4.69) is 6.58 Å². The summed E-state index contributed by atoms with van der Waals surface area (Å²) in [4.78, 5) is 9.86. The summed E-state index contributed by atoms with van der Waals surface area (Å²) in [7, 11) is -1.76. The lowest BCUT2D eigenvalue weighted by Crippen LogP contribution is -2.19. The van der Waals surface area contributed by atoms with Gasteiger partial charge < -0.3 is 4.89 Å². The summed E-state index contributed by atoms with van der Waals surface area (Å²) >= 11 is 0. The molecule has 0 aliphatic carbocycles. The molecule has 0 saturated carbocycles. The van der Waals surface area contributed by atoms with E-state index in [1.165, 1.54) is 0 Å². The minimum Gasteiger partial charge on any atom is -0.380 e. The Kier molecular flexibility index (Phi) is 3.03. The number of rotatable bonds is 2. The molecular weight excluding hydrogens is 162 g/mol. The van der Waals surface area contributed by atoms with Gasteiger partial charge in [-0.2, -0.15) is 0 Å². The predicted molar refractivity (Wildman–Crippen MR) is 48.1 cm³/mol. The Morgan fingerprint density at radius 1 is 1.55 bits per heavy atom. The van der Waals surface area contributed by atoms with Gasteiger partial charge in [-0.3, -0.25) is 0 Å². The molecule has 0 bridgehead atoms. The third-order valence-corrected chi connectivity index (χ3v) is 5.31. The summed E-state index contributed by atoms with van der Waals surface area (Å²) in [6.45, 7) is 3.59. The normalized spacial score (nSPS) is 38.5. The van der Waals surface area contributed by atoms with Crippen molar-refractivity contribution >= 4 is 7.49 Å². The third kappa shape index (κ3) is 2.53. The summed E-state index contributed by atoms with van der Waals surface area (Å²) in [5.41, 5.74) is 0. The summed E-state index contributed by atoms with van der Waals surface area (Å²) in [5, 5.41) is 0. The van der Waals surface area contributed by atoms with E-state index < -0.39 is 13.7 Å². The second-order valence-corrected chi connectivity index (χ2v) is 6.64. The van der Waals surface area contributed by atoms with E-state index in [0.717, 1.165) is 0 Å². The Bertz CT molecular complexity index is 141. The van der Waals surface area contributed by atoms with Crippen LogP contribution in [0.5, 0.6) is 0 Å². The maximum Gasteiger partial charge on any atom is 0.101 e. The van der Waals surface area contributed by atoms with E-state index in [9.17, 15) is 9.28 Å². The highest BCUT2D eigenvalue weighted by Crippen LogP contribution is 2.58. The van der Waals surface area contributed by atoms with Crippen LogP contribution in [0.15, 0.2) is 12.7 Å². The first kappa shape index (κ1) is 9.15. The average molecular weight is 177 g/mol. The lowest BCUT2D eigenvalue weighted by molar-refractivity contribution is 0.305. The lowest BCUT2D eigenvalue weighted by Gasteiger charge is -2.34. The molecule has 0 aromatic heterocycles. The van der Waals surface area contributed by atoms with Gasteiger partial charge >= 0.3 is 0 Å². The number of halogens is 1. The van der Waals surface area contributed by atoms with Crippen LogP contribution >= 0.6 is 7.49 Å². The molecule has 1 heterocycles. The fourth-order valence-corrected chi connectivity index (χ4v) is 4.03. The first-order valence-electron chi connectivity index (χ1n) is 4.00. The highest BCUT2D eigenvalue weighted by Gasteiger charge is 2.29. The Hall–Kier alpha value is 0.0600. The zero-order valence-corrected chi connectivity index (χ0v) is 7.56. The van der Waals surface area contributed by atoms with Gasteiger partial charge in [0.1, 0.15) is 6.17 Å². The fourth-order valence-electron chi connectivity index (χ4n) is 1.44. The molecule has 0 unspecified atom stereocenters. The second-order valence-electron chi connectivity index (χ2n) is 3.19. The van der Waals surface area contributed by atoms with Crippen molar-refractivity contribution in [2.75, 3.05) is 18.5 Å². The van der Waals surface area contributed by atoms with Crippen molar-refractivity contribution in [1.82, 2.24) is 0 Å². The van der Waals surface area contributed by atoms with E-state index in [1.54, 1.807) is 6.08 Å². The van der Waals surface area contributed by atoms with Crippen molar-refractivity contribution in [2.45, 2.75) is 19.0 Å². The number of alkyl halides is 1. The molecule has 1 saturated heterocycles. The van der Waals surface area contributed by atoms with Gasteiger partial charge in [-0.1, -0.05) is 6.08 Å². The summed E-state index contributed by atoms with van der Waals surface area (Å²) < 4.78 is 12.6. The summed E-state index contributed by atoms with van der Waals surface area (Å²) in [6, 6.07) is 0. The molecule has 11 heavy (non-hydrogen) atoms. The van der Waals surface area contributed by atoms with Crippen LogP contribution in [0, 0.1) is 0 Å². The molecular formula is C8H15FOP. The molecule has 1 aliphatic heterocycles. The van der Waals surface area contributed by atoms with Crippen molar-refractivity contribution in [3.8, 4) is 0 Å². The first-order chi connectivity index (χ1) is 5.16. The molecule has 0 atom stereocenters. The van der Waals surface area contributed by atoms with Crippen LogP contribution < -0.4 is 0 Å². The summed E-state index contributed by atoms with van der Waals surface area (Å²) in [6.07, 6.45) is 4.29. The number of hydrogen-bond donors (Lipinski definition) is 1. The molecule has 1 rings (SSSR count). The van der Waals surface area contributed by atoms with Crippen LogP contribution in [-0.2, 0) is 0 Å². The van der Waals surface area contributed by atoms with Crippen LogP contribution in [0.25, 0.3) is 0 Å². The first-order valence-corrected chi connectivity index (χ1v) is 6.30. The maximum atomic E-state index is 12.6. The van der Waals surface area contributed by atoms with E-state index >= 15 is 0 Å². The molecule has 1 radical (unpaired) electrons. The van der Waals surface area contributed by atoms with E-state index in [1.807, 2.05) is 0 Å². The van der Waals surface area contributed by atoms with Gasteiger partial charge in [0.2, 0.25) is 0 Å². The van der Waals surface area contributed by atoms with Gasteiger partial charge in [-0.25, -0.2) is 4.39 Å². The van der Waals surface area contributed by atoms with Crippen molar-refractivity contribution in [3.05, 3.63) is 12.7 Å². The summed E-state index contributed by atoms with van der Waals surface area (Å²) in [5.74, 6) is 0. The van der Waals surface area contributed by atoms with Gasteiger partial charge in [0.25, 0.3) is 0 Å². The quantitative estimate of drug-likeness (QED) is 0.506. The van der Waals surface area contributed by atoms with E-state index in [0.29, 0.717) is 31.3 Å². The number of allylic oxidation sites excluding steroid dienone is 1. The van der Waals surface area contributed by atoms with Gasteiger partial charge in [0.15, 0.2) is 0 Å². The Labute approximate surface area is 67.7 Å². The lowest BCUT2D eigenvalue weighted by atomic mass is 10.2. The molecule has 0 aromatic rings. The zero-order valence-electron chi connectivity index (χ0n) is 6.67. The van der Waals surface area contributed by atoms with Crippen LogP contribution in [0.2, 0.25) is 0 Å². The van der Waals surface area contributed by atoms with Crippen LogP contribution in [0.4, 0.5) is 4.39 Å². The fraction of sp³-hybridized carbons (Fsp3) is 0.750. The molecule has 1 nitrogen and oxygen atoms in total. The minimum absolute atomic E-state index is 0.554. The van der Waals surface area contributed by atoms with Crippen LogP contribution in [-0.4, -0.2) is 29.6 Å². The third-order valence-electron chi connectivity index (χ3n) is 2.19. The molecule has 0 aromatic carbocycles. The topological polar surface area (TPSA) is 20.2 Å². The standard InChI is InChI=1S/C8H15FOP/c1-2-5-11(10)6-3-8(9)4-7-11/h2,8,10H,1,3-7H2. The van der Waals surface area contributed by atoms with Gasteiger partial charge in [0, 0.05) is 6.16 Å². The Balaban J connectivity index is 2.41. The van der Waals surface area contributed by atoms with Gasteiger partial charge in [-0.05, 0) is 32.7 Å². The molecule has 1 aliphatic rings. The highest BCUT2D eigenvalue weighted by atomic mass is 31.2. The molecule has 1 fully saturated rings. The molecule has 1 N–H and O–H groups in total. The number of hydrogen-bond acceptors (Lipinski definition) is 1. The predicted octanol–water partition coefficient (Wildman–Crippen LogP) is 2.23. The molecule has 65 valence electrons. The van der Waals surface area contributed by atoms with E-state index in [4.69, 9.17) is 0 Å². The van der Waals surface area contributed by atoms with Gasteiger partial charge in [-0.15, -0.1) is 6.58 Å². The smallest absolute Gasteiger partial charge is 0.101 e. The average Bonchev–Trinajstić information content (AvgIpc) is 1.97. The minimum atomic E-state index is -1.76.